The SMILES string of the molecule is O=C(O)c1ccc(-c2cncc(-n3ncc4ccc(NCc5ccccc5)cc43)n2)cc1. The van der Waals surface area contributed by atoms with Gasteiger partial charge in [0.15, 0.2) is 5.82 Å². The number of hydrogen-bond acceptors (Lipinski definition) is 5. The van der Waals surface area contributed by atoms with E-state index >= 15 is 0 Å². The topological polar surface area (TPSA) is 92.9 Å². The second kappa shape index (κ2) is 8.31. The summed E-state index contributed by atoms with van der Waals surface area (Å²) >= 11 is 0. The number of anilines is 1. The van der Waals surface area contributed by atoms with Gasteiger partial charge in [0, 0.05) is 23.2 Å². The highest BCUT2D eigenvalue weighted by Crippen LogP contribution is 2.23. The highest BCUT2D eigenvalue weighted by molar-refractivity contribution is 5.88. The smallest absolute Gasteiger partial charge is 0.335 e. The van der Waals surface area contributed by atoms with Crippen molar-refractivity contribution in [2.45, 2.75) is 6.54 Å². The number of carboxylic acid groups (broad SMARTS) is 1. The summed E-state index contributed by atoms with van der Waals surface area (Å²) in [6.07, 6.45) is 5.11. The third-order valence-corrected chi connectivity index (χ3v) is 5.18. The predicted octanol–water partition coefficient (Wildman–Crippen LogP) is 4.79. The zero-order chi connectivity index (χ0) is 21.9. The van der Waals surface area contributed by atoms with Crippen LogP contribution in [-0.2, 0) is 6.54 Å². The van der Waals surface area contributed by atoms with Crippen molar-refractivity contribution in [3.8, 4) is 17.1 Å². The molecule has 0 amide bonds. The highest BCUT2D eigenvalue weighted by atomic mass is 16.4. The first-order valence-corrected chi connectivity index (χ1v) is 10.1. The number of nitrogens with zero attached hydrogens (tertiary/aromatic N) is 4. The molecule has 0 atom stereocenters. The lowest BCUT2D eigenvalue weighted by molar-refractivity contribution is 0.0697. The molecule has 3 aromatic carbocycles. The van der Waals surface area contributed by atoms with Gasteiger partial charge in [-0.15, -0.1) is 0 Å². The van der Waals surface area contributed by atoms with Gasteiger partial charge in [-0.05, 0) is 35.9 Å². The molecule has 0 spiro atoms. The van der Waals surface area contributed by atoms with Crippen molar-refractivity contribution >= 4 is 22.6 Å². The quantitative estimate of drug-likeness (QED) is 0.409. The molecule has 0 bridgehead atoms. The van der Waals surface area contributed by atoms with Crippen molar-refractivity contribution in [3.63, 3.8) is 0 Å². The first kappa shape index (κ1) is 19.4. The molecule has 0 saturated carbocycles. The summed E-state index contributed by atoms with van der Waals surface area (Å²) in [6.45, 7) is 0.724. The normalized spacial score (nSPS) is 10.9. The molecule has 0 fully saturated rings. The molecule has 0 aliphatic heterocycles. The zero-order valence-electron chi connectivity index (χ0n) is 17.0. The zero-order valence-corrected chi connectivity index (χ0v) is 17.0. The summed E-state index contributed by atoms with van der Waals surface area (Å²) < 4.78 is 1.76. The number of fused-ring (bicyclic) bond motifs is 1. The summed E-state index contributed by atoms with van der Waals surface area (Å²) in [5.41, 5.74) is 4.75. The van der Waals surface area contributed by atoms with E-state index in [1.807, 2.05) is 36.4 Å². The van der Waals surface area contributed by atoms with Crippen LogP contribution < -0.4 is 5.32 Å². The Balaban J connectivity index is 1.45. The number of carbonyl (C=O) groups is 1. The summed E-state index contributed by atoms with van der Waals surface area (Å²) in [7, 11) is 0. The van der Waals surface area contributed by atoms with Crippen molar-refractivity contribution < 1.29 is 9.90 Å². The van der Waals surface area contributed by atoms with Gasteiger partial charge < -0.3 is 10.4 Å². The first-order chi connectivity index (χ1) is 15.7. The van der Waals surface area contributed by atoms with Crippen LogP contribution >= 0.6 is 0 Å². The molecule has 156 valence electrons. The molecule has 2 N–H and O–H groups in total. The highest BCUT2D eigenvalue weighted by Gasteiger charge is 2.10. The van der Waals surface area contributed by atoms with E-state index < -0.39 is 5.97 Å². The van der Waals surface area contributed by atoms with E-state index in [1.54, 1.807) is 47.5 Å². The van der Waals surface area contributed by atoms with Crippen molar-refractivity contribution in [2.75, 3.05) is 5.32 Å². The van der Waals surface area contributed by atoms with Gasteiger partial charge in [0.1, 0.15) is 0 Å². The minimum absolute atomic E-state index is 0.228. The second-order valence-corrected chi connectivity index (χ2v) is 7.31. The third kappa shape index (κ3) is 3.91. The summed E-state index contributed by atoms with van der Waals surface area (Å²) in [4.78, 5) is 20.1. The lowest BCUT2D eigenvalue weighted by atomic mass is 10.1. The Bertz CT molecular complexity index is 1400. The fourth-order valence-corrected chi connectivity index (χ4v) is 3.49. The molecule has 2 aromatic heterocycles. The third-order valence-electron chi connectivity index (χ3n) is 5.18. The summed E-state index contributed by atoms with van der Waals surface area (Å²) in [6, 6.07) is 22.9. The Morgan fingerprint density at radius 2 is 1.75 bits per heavy atom. The Hall–Kier alpha value is -4.52. The van der Waals surface area contributed by atoms with Crippen LogP contribution in [-0.4, -0.2) is 30.8 Å². The number of aromatic carboxylic acids is 1. The van der Waals surface area contributed by atoms with Gasteiger partial charge in [0.05, 0.1) is 35.4 Å². The van der Waals surface area contributed by atoms with E-state index in [0.29, 0.717) is 11.5 Å². The number of rotatable bonds is 6. The molecule has 0 radical (unpaired) electrons. The number of hydrogen-bond donors (Lipinski definition) is 2. The second-order valence-electron chi connectivity index (χ2n) is 7.31. The molecule has 0 aliphatic carbocycles. The van der Waals surface area contributed by atoms with Gasteiger partial charge in [-0.2, -0.15) is 5.10 Å². The molecule has 5 rings (SSSR count). The van der Waals surface area contributed by atoms with Crippen molar-refractivity contribution in [1.82, 2.24) is 19.7 Å². The predicted molar refractivity (Wildman–Crippen MR) is 123 cm³/mol. The molecule has 0 unspecified atom stereocenters. The van der Waals surface area contributed by atoms with Crippen LogP contribution in [0.25, 0.3) is 28.0 Å². The average molecular weight is 421 g/mol. The standard InChI is InChI=1S/C25H19N5O2/c31-25(32)19-8-6-18(7-9-19)22-15-26-16-24(29-22)30-23-12-21(11-10-20(23)14-28-30)27-13-17-4-2-1-3-5-17/h1-12,14-16,27H,13H2,(H,31,32). The van der Waals surface area contributed by atoms with Crippen LogP contribution in [0.4, 0.5) is 5.69 Å². The number of aromatic nitrogens is 4. The Kier molecular flexibility index (Phi) is 5.05. The molecule has 0 aliphatic rings. The van der Waals surface area contributed by atoms with E-state index in [1.165, 1.54) is 5.56 Å². The maximum absolute atomic E-state index is 11.1. The van der Waals surface area contributed by atoms with Crippen LogP contribution in [0.1, 0.15) is 15.9 Å². The van der Waals surface area contributed by atoms with Crippen molar-refractivity contribution in [3.05, 3.63) is 103 Å². The molecule has 2 heterocycles. The first-order valence-electron chi connectivity index (χ1n) is 10.1. The van der Waals surface area contributed by atoms with Crippen LogP contribution in [0.5, 0.6) is 0 Å². The lowest BCUT2D eigenvalue weighted by Crippen LogP contribution is -2.03. The molecule has 7 heteroatoms. The van der Waals surface area contributed by atoms with Crippen molar-refractivity contribution in [1.29, 1.82) is 0 Å². The monoisotopic (exact) mass is 421 g/mol. The Morgan fingerprint density at radius 1 is 0.938 bits per heavy atom. The van der Waals surface area contributed by atoms with E-state index in [9.17, 15) is 4.79 Å². The van der Waals surface area contributed by atoms with Crippen LogP contribution in [0, 0.1) is 0 Å². The maximum atomic E-state index is 11.1. The van der Waals surface area contributed by atoms with Gasteiger partial charge in [-0.25, -0.2) is 14.5 Å². The summed E-state index contributed by atoms with van der Waals surface area (Å²) in [5, 5.41) is 18.0. The van der Waals surface area contributed by atoms with Gasteiger partial charge in [0.25, 0.3) is 0 Å². The lowest BCUT2D eigenvalue weighted by Gasteiger charge is -2.09. The number of benzene rings is 3. The van der Waals surface area contributed by atoms with Gasteiger partial charge in [-0.1, -0.05) is 42.5 Å². The van der Waals surface area contributed by atoms with Gasteiger partial charge in [-0.3, -0.25) is 4.98 Å². The Morgan fingerprint density at radius 3 is 2.53 bits per heavy atom. The molecule has 0 saturated heterocycles. The summed E-state index contributed by atoms with van der Waals surface area (Å²) in [5.74, 6) is -0.379. The van der Waals surface area contributed by atoms with E-state index in [2.05, 4.69) is 27.5 Å². The van der Waals surface area contributed by atoms with Gasteiger partial charge in [0.2, 0.25) is 0 Å². The van der Waals surface area contributed by atoms with E-state index in [-0.39, 0.29) is 5.56 Å². The molecule has 32 heavy (non-hydrogen) atoms. The van der Waals surface area contributed by atoms with Crippen LogP contribution in [0.3, 0.4) is 0 Å². The largest absolute Gasteiger partial charge is 0.478 e. The molecule has 5 aromatic rings. The maximum Gasteiger partial charge on any atom is 0.335 e. The average Bonchev–Trinajstić information content (AvgIpc) is 3.27. The minimum atomic E-state index is -0.962. The fourth-order valence-electron chi connectivity index (χ4n) is 3.49. The fraction of sp³-hybridized carbons (Fsp3) is 0.0400. The number of carboxylic acids is 1. The number of nitrogens with one attached hydrogen (secondary N) is 1. The molecule has 7 nitrogen and oxygen atoms in total. The van der Waals surface area contributed by atoms with E-state index in [4.69, 9.17) is 10.1 Å². The van der Waals surface area contributed by atoms with Crippen molar-refractivity contribution in [2.24, 2.45) is 0 Å². The Labute approximate surface area is 184 Å². The van der Waals surface area contributed by atoms with Crippen LogP contribution in [0.2, 0.25) is 0 Å². The molecular weight excluding hydrogens is 402 g/mol. The molecular formula is C25H19N5O2. The van der Waals surface area contributed by atoms with Gasteiger partial charge >= 0.3 is 5.97 Å². The van der Waals surface area contributed by atoms with E-state index in [0.717, 1.165) is 28.7 Å². The van der Waals surface area contributed by atoms with Crippen LogP contribution in [0.15, 0.2) is 91.4 Å². The minimum Gasteiger partial charge on any atom is -0.478 e.